The molecule has 0 radical (unpaired) electrons. The molecule has 4 aromatic carbocycles. The van der Waals surface area contributed by atoms with Crippen LogP contribution in [0.2, 0.25) is 0 Å². The van der Waals surface area contributed by atoms with E-state index < -0.39 is 187 Å². The van der Waals surface area contributed by atoms with Gasteiger partial charge in [-0.2, -0.15) is 0 Å². The minimum Gasteiger partial charge on any atom is -0.508 e. The van der Waals surface area contributed by atoms with Gasteiger partial charge in [0.15, 0.2) is 11.7 Å². The van der Waals surface area contributed by atoms with Gasteiger partial charge in [0.1, 0.15) is 78.0 Å². The number of unbranched alkanes of at least 4 members (excludes halogenated alkanes) is 1. The second kappa shape index (κ2) is 50.3. The lowest BCUT2D eigenvalue weighted by Crippen LogP contribution is -2.60. The van der Waals surface area contributed by atoms with Gasteiger partial charge in [-0.25, -0.2) is 9.78 Å². The summed E-state index contributed by atoms with van der Waals surface area (Å²) in [6.07, 6.45) is 2.52. The Morgan fingerprint density at radius 1 is 0.508 bits per heavy atom. The molecule has 3 heterocycles. The Morgan fingerprint density at radius 2 is 0.960 bits per heavy atom. The Bertz CT molecular complexity index is 4640. The first-order chi connectivity index (χ1) is 59.9. The number of aliphatic carboxylic acids is 1. The highest BCUT2D eigenvalue weighted by Crippen LogP contribution is 2.29. The highest BCUT2D eigenvalue weighted by Gasteiger charge is 2.43. The van der Waals surface area contributed by atoms with Crippen molar-refractivity contribution in [1.29, 1.82) is 5.41 Å². The Balaban J connectivity index is 1.05. The number of hydrogen-bond donors (Lipinski definition) is 19. The van der Waals surface area contributed by atoms with Crippen molar-refractivity contribution in [2.45, 2.75) is 229 Å². The van der Waals surface area contributed by atoms with E-state index in [-0.39, 0.29) is 139 Å². The van der Waals surface area contributed by atoms with Gasteiger partial charge in [0.05, 0.1) is 20.0 Å². The first-order valence-electron chi connectivity index (χ1n) is 42.0. The largest absolute Gasteiger partial charge is 0.508 e. The zero-order valence-corrected chi connectivity index (χ0v) is 75.3. The average Bonchev–Trinajstić information content (AvgIpc) is 1.65. The van der Waals surface area contributed by atoms with Gasteiger partial charge < -0.3 is 106 Å². The standard InChI is InChI=1S/C86H115I2N19O19/c1-6-7-16-58(75(115)105-66(85(125)126)42-50-22-27-55(108)28-23-50)100-82(122)68-19-13-36-107(68)84(124)61(30-32-70(90)110)97-72(112)45-95-81(121)67-18-12-35-106(67)83(123)60(17-11-34-94-86(91)92)101-78(118)63(38-48(4)5)102-76(116)59(29-31-69(89)109)99-77(117)62(37-47(2)3)103-79(119)64(41-49-20-25-53(26-21-49)73(113)52-14-9-8-10-15-52)104-80(120)65(43-54-44-93-46-96-54)98-71(111)33-24-51-39-56(87)74(114)57(88)40-51/h8-10,14-15,20-23,25-28,39-40,44,46-48,58-68,108,114H,6-7,11-13,16-19,24,29-38,41-43,45H2,1-5H3,(H2,89,109)(H2,90,110)(H,93,96)(H,95,121)(H,97,112)(H,98,111)(H,99,117)(H,100,122)(H,101,118)(H,102,116)(H,103,119)(H,104,120)(H,105,115)(H,125,126)(H4,91,92,94)/t58-,59-,60-,61-,62-,63-,64-,65-,66-,67-,68-/m0/s1. The number of aromatic hydroxyl groups is 2. The molecule has 5 aromatic rings. The van der Waals surface area contributed by atoms with E-state index >= 15 is 4.79 Å². The van der Waals surface area contributed by atoms with Crippen molar-refractivity contribution in [2.24, 2.45) is 29.0 Å². The number of primary amides is 2. The Hall–Kier alpha value is -11.9. The van der Waals surface area contributed by atoms with Crippen LogP contribution in [0.5, 0.6) is 11.5 Å². The molecule has 0 spiro atoms. The summed E-state index contributed by atoms with van der Waals surface area (Å²) in [5.74, 6) is -14.3. The smallest absolute Gasteiger partial charge is 0.326 e. The van der Waals surface area contributed by atoms with Gasteiger partial charge in [-0.1, -0.05) is 114 Å². The molecule has 7 rings (SSSR count). The number of aromatic nitrogens is 2. The van der Waals surface area contributed by atoms with Crippen LogP contribution in [-0.2, 0) is 97.6 Å². The molecule has 0 saturated carbocycles. The number of likely N-dealkylation sites (tertiary alicyclic amines) is 2. The summed E-state index contributed by atoms with van der Waals surface area (Å²) in [7, 11) is 0. The molecule has 2 fully saturated rings. The molecule has 1 aromatic heterocycles. The molecular formula is C86H115I2N19O19. The van der Waals surface area contributed by atoms with Gasteiger partial charge in [0.2, 0.25) is 82.7 Å². The van der Waals surface area contributed by atoms with Crippen LogP contribution in [0, 0.1) is 24.4 Å². The number of aryl methyl sites for hydroxylation is 1. The Kier molecular flexibility index (Phi) is 40.4. The van der Waals surface area contributed by atoms with Gasteiger partial charge in [-0.3, -0.25) is 77.3 Å². The van der Waals surface area contributed by atoms with Gasteiger partial charge in [-0.15, -0.1) is 0 Å². The van der Waals surface area contributed by atoms with Crippen molar-refractivity contribution in [3.63, 3.8) is 0 Å². The number of amides is 14. The number of ketones is 1. The summed E-state index contributed by atoms with van der Waals surface area (Å²) in [5, 5.41) is 67.2. The average molecular weight is 1970 g/mol. The molecule has 126 heavy (non-hydrogen) atoms. The van der Waals surface area contributed by atoms with Crippen molar-refractivity contribution in [3.8, 4) is 11.5 Å². The number of imidazole rings is 1. The summed E-state index contributed by atoms with van der Waals surface area (Å²) < 4.78 is 1.15. The summed E-state index contributed by atoms with van der Waals surface area (Å²) in [4.78, 5) is 234. The number of H-pyrrole nitrogens is 1. The quantitative estimate of drug-likeness (QED) is 0.00863. The van der Waals surface area contributed by atoms with E-state index in [1.54, 1.807) is 94.4 Å². The van der Waals surface area contributed by atoms with Crippen molar-refractivity contribution < 1.29 is 92.0 Å². The number of carbonyl (C=O) groups is 16. The second-order valence-electron chi connectivity index (χ2n) is 32.2. The number of benzene rings is 4. The first kappa shape index (κ1) is 101. The fraction of sp³-hybridized carbons (Fsp3) is 0.488. The summed E-state index contributed by atoms with van der Waals surface area (Å²) in [6.45, 7) is 8.08. The number of halogens is 2. The van der Waals surface area contributed by atoms with Crippen LogP contribution in [0.25, 0.3) is 0 Å². The zero-order valence-electron chi connectivity index (χ0n) is 71.0. The molecule has 11 atom stereocenters. The van der Waals surface area contributed by atoms with Crippen LogP contribution < -0.4 is 75.7 Å². The maximum atomic E-state index is 15.1. The fourth-order valence-electron chi connectivity index (χ4n) is 14.6. The van der Waals surface area contributed by atoms with E-state index in [1.165, 1.54) is 46.6 Å². The van der Waals surface area contributed by atoms with Crippen LogP contribution >= 0.6 is 45.2 Å². The minimum atomic E-state index is -1.64. The van der Waals surface area contributed by atoms with Crippen molar-refractivity contribution in [2.75, 3.05) is 26.2 Å². The summed E-state index contributed by atoms with van der Waals surface area (Å²) >= 11 is 3.97. The number of phenolic OH excluding ortho intramolecular Hbond substituents is 2. The number of aromatic amines is 1. The van der Waals surface area contributed by atoms with E-state index in [4.69, 9.17) is 22.6 Å². The predicted octanol–water partition coefficient (Wildman–Crippen LogP) is 1.54. The number of nitrogens with zero attached hydrogens (tertiary/aromatic N) is 3. The maximum absolute atomic E-state index is 15.1. The van der Waals surface area contributed by atoms with Crippen LogP contribution in [0.1, 0.15) is 176 Å². The number of guanidine groups is 1. The fourth-order valence-corrected chi connectivity index (χ4v) is 16.5. The number of phenols is 2. The highest BCUT2D eigenvalue weighted by atomic mass is 127. The van der Waals surface area contributed by atoms with Gasteiger partial charge >= 0.3 is 5.97 Å². The van der Waals surface area contributed by atoms with Crippen molar-refractivity contribution >= 4 is 146 Å². The number of rotatable bonds is 50. The molecule has 38 nitrogen and oxygen atoms in total. The van der Waals surface area contributed by atoms with E-state index in [2.05, 4.69) is 68.5 Å². The van der Waals surface area contributed by atoms with Crippen LogP contribution in [-0.4, -0.2) is 228 Å². The van der Waals surface area contributed by atoms with Gasteiger partial charge in [0.25, 0.3) is 0 Å². The Labute approximate surface area is 756 Å². The lowest BCUT2D eigenvalue weighted by Gasteiger charge is -2.31. The molecule has 2 saturated heterocycles. The third-order valence-electron chi connectivity index (χ3n) is 21.1. The van der Waals surface area contributed by atoms with E-state index in [0.29, 0.717) is 54.4 Å². The molecule has 0 bridgehead atoms. The van der Waals surface area contributed by atoms with Gasteiger partial charge in [0, 0.05) is 81.2 Å². The number of carboxylic acids is 1. The maximum Gasteiger partial charge on any atom is 0.326 e. The first-order valence-corrected chi connectivity index (χ1v) is 44.1. The van der Waals surface area contributed by atoms with Crippen molar-refractivity contribution in [3.05, 3.63) is 144 Å². The normalized spacial score (nSPS) is 15.7. The van der Waals surface area contributed by atoms with Crippen LogP contribution in [0.3, 0.4) is 0 Å². The van der Waals surface area contributed by atoms with E-state index in [1.807, 2.05) is 52.1 Å². The number of hydrogen-bond acceptors (Lipinski definition) is 20. The van der Waals surface area contributed by atoms with E-state index in [0.717, 1.165) is 5.56 Å². The molecule has 2 aliphatic heterocycles. The number of carboxylic acid groups (broad SMARTS) is 1. The lowest BCUT2D eigenvalue weighted by molar-refractivity contribution is -0.144. The summed E-state index contributed by atoms with van der Waals surface area (Å²) in [6, 6.07) is 8.64. The molecule has 682 valence electrons. The lowest BCUT2D eigenvalue weighted by atomic mass is 9.98. The third-order valence-corrected chi connectivity index (χ3v) is 22.8. The Morgan fingerprint density at radius 3 is 1.48 bits per heavy atom. The molecule has 0 unspecified atom stereocenters. The second-order valence-corrected chi connectivity index (χ2v) is 34.5. The topological polar surface area (TPSA) is 603 Å². The number of nitrogens with two attached hydrogens (primary N) is 3. The van der Waals surface area contributed by atoms with Gasteiger partial charge in [-0.05, 0) is 175 Å². The van der Waals surface area contributed by atoms with Crippen LogP contribution in [0.4, 0.5) is 0 Å². The molecule has 0 aliphatic carbocycles. The molecule has 40 heteroatoms. The number of nitrogens with one attached hydrogen (secondary N) is 13. The molecular weight excluding hydrogens is 1860 g/mol. The molecule has 22 N–H and O–H groups in total. The third kappa shape index (κ3) is 32.6. The zero-order chi connectivity index (χ0) is 92.4. The van der Waals surface area contributed by atoms with Crippen molar-refractivity contribution in [1.82, 2.24) is 78.3 Å². The molecule has 14 amide bonds. The minimum absolute atomic E-state index is 0.0100. The van der Waals surface area contributed by atoms with E-state index in [9.17, 15) is 87.2 Å². The highest BCUT2D eigenvalue weighted by molar-refractivity contribution is 14.1. The monoisotopic (exact) mass is 1970 g/mol. The number of carbonyl (C=O) groups excluding carboxylic acids is 15. The predicted molar refractivity (Wildman–Crippen MR) is 478 cm³/mol. The summed E-state index contributed by atoms with van der Waals surface area (Å²) in [5.41, 5.74) is 19.6. The molecule has 2 aliphatic rings. The van der Waals surface area contributed by atoms with Crippen LogP contribution in [0.15, 0.2) is 104 Å². The SMILES string of the molecule is CCCC[C@H](NC(=O)[C@@H]1CCCN1C(=O)[C@H](CCC(N)=O)NC(=O)CNC(=O)[C@@H]1CCCN1C(=O)[C@H](CCCNC(=N)N)NC(=O)[C@H](CC(C)C)NC(=O)[C@H](CCC(N)=O)NC(=O)[C@H](CC(C)C)NC(=O)[C@H](Cc1ccc(C(=O)c2ccccc2)cc1)NC(=O)[C@H](Cc1cnc[nH]1)NC(=O)CCc1cc(I)c(O)c(I)c1)C(=O)N[C@@H](Cc1ccc(O)cc1)C(=O)O.